The molecule has 0 aliphatic heterocycles. The summed E-state index contributed by atoms with van der Waals surface area (Å²) in [5.74, 6) is 0.677. The highest BCUT2D eigenvalue weighted by molar-refractivity contribution is 5.53. The molecule has 0 saturated carbocycles. The highest BCUT2D eigenvalue weighted by Crippen LogP contribution is 2.17. The molecule has 4 nitrogen and oxygen atoms in total. The average Bonchev–Trinajstić information content (AvgIpc) is 2.77. The molecule has 0 bridgehead atoms. The standard InChI is InChI=1S/C13H16FN3O/c1-9(15)4-2-7-12-16-13(17-18-12)10-5-3-6-11(14)8-10/h3,5-6,8-9H,2,4,7,15H2,1H3. The van der Waals surface area contributed by atoms with E-state index < -0.39 is 0 Å². The molecule has 0 radical (unpaired) electrons. The van der Waals surface area contributed by atoms with Gasteiger partial charge in [-0.3, -0.25) is 0 Å². The van der Waals surface area contributed by atoms with Crippen LogP contribution in [0.1, 0.15) is 25.7 Å². The van der Waals surface area contributed by atoms with Gasteiger partial charge in [-0.05, 0) is 31.9 Å². The van der Waals surface area contributed by atoms with E-state index in [9.17, 15) is 4.39 Å². The Morgan fingerprint density at radius 1 is 1.44 bits per heavy atom. The molecule has 96 valence electrons. The van der Waals surface area contributed by atoms with Gasteiger partial charge in [0.05, 0.1) is 0 Å². The van der Waals surface area contributed by atoms with Gasteiger partial charge in [0.1, 0.15) is 5.82 Å². The number of halogens is 1. The van der Waals surface area contributed by atoms with Crippen LogP contribution in [0, 0.1) is 5.82 Å². The Morgan fingerprint density at radius 2 is 2.28 bits per heavy atom. The van der Waals surface area contributed by atoms with Gasteiger partial charge in [0.15, 0.2) is 0 Å². The molecule has 1 heterocycles. The lowest BCUT2D eigenvalue weighted by Gasteiger charge is -2.00. The van der Waals surface area contributed by atoms with Gasteiger partial charge in [0.25, 0.3) is 0 Å². The molecule has 2 rings (SSSR count). The van der Waals surface area contributed by atoms with Crippen LogP contribution >= 0.6 is 0 Å². The number of aromatic nitrogens is 2. The molecule has 2 N–H and O–H groups in total. The first-order valence-corrected chi connectivity index (χ1v) is 5.99. The number of rotatable bonds is 5. The maximum atomic E-state index is 13.1. The van der Waals surface area contributed by atoms with Crippen LogP contribution < -0.4 is 5.73 Å². The summed E-state index contributed by atoms with van der Waals surface area (Å²) in [6.07, 6.45) is 2.52. The lowest BCUT2D eigenvalue weighted by Crippen LogP contribution is -2.14. The van der Waals surface area contributed by atoms with E-state index >= 15 is 0 Å². The quantitative estimate of drug-likeness (QED) is 0.884. The average molecular weight is 249 g/mol. The summed E-state index contributed by atoms with van der Waals surface area (Å²) in [5, 5.41) is 3.84. The van der Waals surface area contributed by atoms with Crippen molar-refractivity contribution >= 4 is 0 Å². The molecule has 0 aliphatic carbocycles. The van der Waals surface area contributed by atoms with Crippen molar-refractivity contribution in [1.29, 1.82) is 0 Å². The molecule has 2 aromatic rings. The molecule has 0 saturated heterocycles. The number of aryl methyl sites for hydroxylation is 1. The number of hydrogen-bond donors (Lipinski definition) is 1. The van der Waals surface area contributed by atoms with Gasteiger partial charge in [-0.2, -0.15) is 4.98 Å². The zero-order valence-corrected chi connectivity index (χ0v) is 10.3. The molecular formula is C13H16FN3O. The minimum absolute atomic E-state index is 0.176. The summed E-state index contributed by atoms with van der Waals surface area (Å²) in [6.45, 7) is 1.96. The number of nitrogens with zero attached hydrogens (tertiary/aromatic N) is 2. The highest BCUT2D eigenvalue weighted by Gasteiger charge is 2.09. The van der Waals surface area contributed by atoms with E-state index in [1.807, 2.05) is 6.92 Å². The van der Waals surface area contributed by atoms with Crippen LogP contribution in [-0.2, 0) is 6.42 Å². The van der Waals surface area contributed by atoms with Crippen LogP contribution in [0.2, 0.25) is 0 Å². The first-order valence-electron chi connectivity index (χ1n) is 5.99. The second-order valence-corrected chi connectivity index (χ2v) is 4.39. The molecule has 0 fully saturated rings. The van der Waals surface area contributed by atoms with Crippen molar-refractivity contribution in [3.8, 4) is 11.4 Å². The maximum absolute atomic E-state index is 13.1. The molecule has 1 aromatic carbocycles. The van der Waals surface area contributed by atoms with Crippen molar-refractivity contribution in [3.05, 3.63) is 36.0 Å². The SMILES string of the molecule is CC(N)CCCc1nc(-c2cccc(F)c2)no1. The van der Waals surface area contributed by atoms with Gasteiger partial charge in [0, 0.05) is 18.0 Å². The predicted molar refractivity (Wildman–Crippen MR) is 66.3 cm³/mol. The predicted octanol–water partition coefficient (Wildman–Crippen LogP) is 2.55. The van der Waals surface area contributed by atoms with E-state index in [4.69, 9.17) is 10.3 Å². The van der Waals surface area contributed by atoms with Crippen LogP contribution in [-0.4, -0.2) is 16.2 Å². The van der Waals surface area contributed by atoms with E-state index in [0.717, 1.165) is 12.8 Å². The second-order valence-electron chi connectivity index (χ2n) is 4.39. The smallest absolute Gasteiger partial charge is 0.226 e. The van der Waals surface area contributed by atoms with Crippen molar-refractivity contribution in [2.75, 3.05) is 0 Å². The van der Waals surface area contributed by atoms with E-state index in [1.165, 1.54) is 12.1 Å². The van der Waals surface area contributed by atoms with Crippen LogP contribution in [0.3, 0.4) is 0 Å². The normalized spacial score (nSPS) is 12.6. The van der Waals surface area contributed by atoms with Crippen molar-refractivity contribution in [2.45, 2.75) is 32.2 Å². The largest absolute Gasteiger partial charge is 0.339 e. The van der Waals surface area contributed by atoms with E-state index in [1.54, 1.807) is 12.1 Å². The maximum Gasteiger partial charge on any atom is 0.226 e. The highest BCUT2D eigenvalue weighted by atomic mass is 19.1. The number of nitrogens with two attached hydrogens (primary N) is 1. The first kappa shape index (κ1) is 12.7. The number of hydrogen-bond acceptors (Lipinski definition) is 4. The first-order chi connectivity index (χ1) is 8.65. The summed E-state index contributed by atoms with van der Waals surface area (Å²) < 4.78 is 18.2. The van der Waals surface area contributed by atoms with Crippen molar-refractivity contribution in [1.82, 2.24) is 10.1 Å². The molecule has 0 spiro atoms. The fourth-order valence-corrected chi connectivity index (χ4v) is 1.68. The third-order valence-electron chi connectivity index (χ3n) is 2.60. The summed E-state index contributed by atoms with van der Waals surface area (Å²) >= 11 is 0. The van der Waals surface area contributed by atoms with E-state index in [2.05, 4.69) is 10.1 Å². The van der Waals surface area contributed by atoms with Crippen molar-refractivity contribution < 1.29 is 8.91 Å². The Labute approximate surface area is 105 Å². The van der Waals surface area contributed by atoms with Gasteiger partial charge in [-0.1, -0.05) is 17.3 Å². The lowest BCUT2D eigenvalue weighted by molar-refractivity contribution is 0.373. The fraction of sp³-hybridized carbons (Fsp3) is 0.385. The zero-order valence-electron chi connectivity index (χ0n) is 10.3. The van der Waals surface area contributed by atoms with Crippen LogP contribution in [0.4, 0.5) is 4.39 Å². The van der Waals surface area contributed by atoms with Gasteiger partial charge < -0.3 is 10.3 Å². The molecule has 0 amide bonds. The fourth-order valence-electron chi connectivity index (χ4n) is 1.68. The topological polar surface area (TPSA) is 64.9 Å². The van der Waals surface area contributed by atoms with Crippen LogP contribution in [0.25, 0.3) is 11.4 Å². The van der Waals surface area contributed by atoms with E-state index in [-0.39, 0.29) is 11.9 Å². The van der Waals surface area contributed by atoms with Crippen molar-refractivity contribution in [2.24, 2.45) is 5.73 Å². The summed E-state index contributed by atoms with van der Waals surface area (Å²) in [6, 6.07) is 6.32. The Balaban J connectivity index is 2.02. The molecule has 1 atom stereocenters. The van der Waals surface area contributed by atoms with Crippen LogP contribution in [0.5, 0.6) is 0 Å². The van der Waals surface area contributed by atoms with Gasteiger partial charge in [0.2, 0.25) is 11.7 Å². The van der Waals surface area contributed by atoms with Gasteiger partial charge in [-0.25, -0.2) is 4.39 Å². The molecule has 0 aliphatic rings. The number of benzene rings is 1. The Bertz CT molecular complexity index is 510. The lowest BCUT2D eigenvalue weighted by atomic mass is 10.1. The third kappa shape index (κ3) is 3.37. The molecule has 1 unspecified atom stereocenters. The Kier molecular flexibility index (Phi) is 4.04. The minimum atomic E-state index is -0.309. The van der Waals surface area contributed by atoms with E-state index in [0.29, 0.717) is 23.7 Å². The second kappa shape index (κ2) is 5.73. The summed E-state index contributed by atoms with van der Waals surface area (Å²) in [5.41, 5.74) is 6.28. The third-order valence-corrected chi connectivity index (χ3v) is 2.60. The summed E-state index contributed by atoms with van der Waals surface area (Å²) in [4.78, 5) is 4.23. The molecular weight excluding hydrogens is 233 g/mol. The van der Waals surface area contributed by atoms with Crippen molar-refractivity contribution in [3.63, 3.8) is 0 Å². The minimum Gasteiger partial charge on any atom is -0.339 e. The molecule has 5 heteroatoms. The Morgan fingerprint density at radius 3 is 3.00 bits per heavy atom. The molecule has 1 aromatic heterocycles. The molecule has 18 heavy (non-hydrogen) atoms. The summed E-state index contributed by atoms with van der Waals surface area (Å²) in [7, 11) is 0. The van der Waals surface area contributed by atoms with Gasteiger partial charge >= 0.3 is 0 Å². The Hall–Kier alpha value is -1.75. The monoisotopic (exact) mass is 249 g/mol. The van der Waals surface area contributed by atoms with Crippen LogP contribution in [0.15, 0.2) is 28.8 Å². The van der Waals surface area contributed by atoms with Gasteiger partial charge in [-0.15, -0.1) is 0 Å². The zero-order chi connectivity index (χ0) is 13.0.